The Kier molecular flexibility index (Phi) is 12.7. The number of ether oxygens (including phenoxy) is 2. The molecule has 12 heteroatoms. The van der Waals surface area contributed by atoms with E-state index in [0.717, 1.165) is 19.3 Å². The second kappa shape index (κ2) is 17.1. The third kappa shape index (κ3) is 9.40. The van der Waals surface area contributed by atoms with E-state index >= 15 is 0 Å². The van der Waals surface area contributed by atoms with Gasteiger partial charge in [0, 0.05) is 47.2 Å². The van der Waals surface area contributed by atoms with Gasteiger partial charge in [0.25, 0.3) is 5.91 Å². The van der Waals surface area contributed by atoms with Gasteiger partial charge in [-0.1, -0.05) is 77.8 Å². The zero-order valence-electron chi connectivity index (χ0n) is 26.9. The smallest absolute Gasteiger partial charge is 0.266 e. The lowest BCUT2D eigenvalue weighted by molar-refractivity contribution is -0.130. The van der Waals surface area contributed by atoms with Crippen LogP contribution in [0, 0.1) is 0 Å². The lowest BCUT2D eigenvalue weighted by atomic mass is 9.85. The van der Waals surface area contributed by atoms with Gasteiger partial charge in [-0.2, -0.15) is 0 Å². The van der Waals surface area contributed by atoms with Gasteiger partial charge in [0.05, 0.1) is 17.3 Å². The molecule has 0 spiro atoms. The van der Waals surface area contributed by atoms with Crippen LogP contribution in [0.15, 0.2) is 113 Å². The number of halogens is 2. The highest BCUT2D eigenvalue weighted by Gasteiger charge is 2.54. The zero-order valence-corrected chi connectivity index (χ0v) is 29.2. The van der Waals surface area contributed by atoms with Crippen molar-refractivity contribution in [1.82, 2.24) is 10.9 Å². The molecular weight excluding hydrogens is 685 g/mol. The van der Waals surface area contributed by atoms with Crippen LogP contribution in [0.1, 0.15) is 48.5 Å². The molecule has 3 N–H and O–H groups in total. The molecule has 2 atom stereocenters. The van der Waals surface area contributed by atoms with Crippen molar-refractivity contribution >= 4 is 44.8 Å². The molecule has 1 aliphatic rings. The molecule has 258 valence electrons. The fourth-order valence-corrected chi connectivity index (χ4v) is 7.43. The number of benzene rings is 4. The van der Waals surface area contributed by atoms with Crippen molar-refractivity contribution in [3.05, 3.63) is 130 Å². The number of nitrogens with zero attached hydrogens (tertiary/aromatic N) is 1. The van der Waals surface area contributed by atoms with E-state index in [1.54, 1.807) is 60.7 Å². The van der Waals surface area contributed by atoms with Crippen molar-refractivity contribution in [3.63, 3.8) is 0 Å². The first-order valence-corrected chi connectivity index (χ1v) is 18.5. The fraction of sp³-hybridized carbons (Fsp3) is 0.297. The van der Waals surface area contributed by atoms with E-state index < -0.39 is 27.4 Å². The molecule has 0 aromatic heterocycles. The van der Waals surface area contributed by atoms with E-state index in [1.807, 2.05) is 18.2 Å². The molecule has 1 heterocycles. The van der Waals surface area contributed by atoms with Crippen molar-refractivity contribution < 1.29 is 27.8 Å². The van der Waals surface area contributed by atoms with Crippen molar-refractivity contribution in [1.29, 1.82) is 0 Å². The lowest BCUT2D eigenvalue weighted by Gasteiger charge is -2.31. The number of carbonyl (C=O) groups is 1. The minimum atomic E-state index is -3.81. The Morgan fingerprint density at radius 3 is 2.33 bits per heavy atom. The summed E-state index contributed by atoms with van der Waals surface area (Å²) in [6.07, 6.45) is 1.80. The molecule has 1 aliphatic heterocycles. The van der Waals surface area contributed by atoms with Crippen LogP contribution >= 0.6 is 23.2 Å². The second-order valence-electron chi connectivity index (χ2n) is 11.7. The number of nitrogens with one attached hydrogen (secondary N) is 2. The third-order valence-corrected chi connectivity index (χ3v) is 10.5. The minimum Gasteiger partial charge on any atom is -0.494 e. The molecule has 0 saturated heterocycles. The third-order valence-electron chi connectivity index (χ3n) is 8.19. The summed E-state index contributed by atoms with van der Waals surface area (Å²) in [6.45, 7) is 0.853. The van der Waals surface area contributed by atoms with Gasteiger partial charge in [-0.15, -0.1) is 0 Å². The highest BCUT2D eigenvalue weighted by molar-refractivity contribution is 7.91. The summed E-state index contributed by atoms with van der Waals surface area (Å²) in [5.74, 6) is -0.217. The lowest BCUT2D eigenvalue weighted by Crippen LogP contribution is -2.53. The first kappa shape index (κ1) is 36.4. The average Bonchev–Trinajstić information content (AvgIpc) is 3.50. The van der Waals surface area contributed by atoms with Crippen LogP contribution in [-0.4, -0.2) is 56.4 Å². The predicted molar refractivity (Wildman–Crippen MR) is 192 cm³/mol. The molecule has 4 aromatic rings. The average molecular weight is 725 g/mol. The number of hydrazine groups is 1. The number of hydrogen-bond donors (Lipinski definition) is 3. The monoisotopic (exact) mass is 723 g/mol. The van der Waals surface area contributed by atoms with E-state index in [4.69, 9.17) is 42.8 Å². The van der Waals surface area contributed by atoms with E-state index in [-0.39, 0.29) is 34.6 Å². The maximum atomic E-state index is 14.3. The Hall–Kier alpha value is -3.93. The second-order valence-corrected chi connectivity index (χ2v) is 14.6. The molecule has 0 radical (unpaired) electrons. The summed E-state index contributed by atoms with van der Waals surface area (Å²) < 4.78 is 39.2. The molecule has 0 aliphatic carbocycles. The molecule has 0 saturated carbocycles. The van der Waals surface area contributed by atoms with Crippen molar-refractivity contribution in [2.75, 3.05) is 25.5 Å². The summed E-state index contributed by atoms with van der Waals surface area (Å²) in [5, 5.41) is 9.71. The van der Waals surface area contributed by atoms with Crippen molar-refractivity contribution in [2.24, 2.45) is 4.99 Å². The van der Waals surface area contributed by atoms with Gasteiger partial charge in [-0.05, 0) is 73.4 Å². The normalized spacial score (nSPS) is 17.3. The maximum absolute atomic E-state index is 14.3. The number of unbranched alkanes of at least 4 members (excludes halogenated alkanes) is 1. The summed E-state index contributed by atoms with van der Waals surface area (Å²) in [7, 11) is -3.81. The number of aliphatic hydroxyl groups is 1. The maximum Gasteiger partial charge on any atom is 0.266 e. The Morgan fingerprint density at radius 1 is 0.918 bits per heavy atom. The first-order chi connectivity index (χ1) is 23.7. The fourth-order valence-electron chi connectivity index (χ4n) is 5.54. The van der Waals surface area contributed by atoms with Crippen LogP contribution < -0.4 is 15.6 Å². The summed E-state index contributed by atoms with van der Waals surface area (Å²) >= 11 is 12.9. The number of hydrogen-bond acceptors (Lipinski definition) is 8. The van der Waals surface area contributed by atoms with Crippen LogP contribution in [0.4, 0.5) is 0 Å². The number of sulfone groups is 1. The molecule has 4 aromatic carbocycles. The Morgan fingerprint density at radius 2 is 1.63 bits per heavy atom. The number of aliphatic imine (C=N–C) groups is 1. The number of amides is 1. The Bertz CT molecular complexity index is 1830. The van der Waals surface area contributed by atoms with Gasteiger partial charge in [0.1, 0.15) is 5.75 Å². The molecule has 0 unspecified atom stereocenters. The van der Waals surface area contributed by atoms with E-state index in [1.165, 1.54) is 17.7 Å². The molecule has 9 nitrogen and oxygen atoms in total. The van der Waals surface area contributed by atoms with Gasteiger partial charge in [-0.3, -0.25) is 10.2 Å². The number of rotatable bonds is 17. The molecule has 0 fully saturated rings. The summed E-state index contributed by atoms with van der Waals surface area (Å²) in [6, 6.07) is 30.1. The van der Waals surface area contributed by atoms with E-state index in [0.29, 0.717) is 41.5 Å². The van der Waals surface area contributed by atoms with Crippen molar-refractivity contribution in [2.45, 2.75) is 48.6 Å². The molecule has 1 amide bonds. The predicted octanol–water partition coefficient (Wildman–Crippen LogP) is 6.52. The number of carbonyl (C=O) groups excluding carboxylic acids is 1. The van der Waals surface area contributed by atoms with Crippen LogP contribution in [0.25, 0.3) is 0 Å². The summed E-state index contributed by atoms with van der Waals surface area (Å²) in [5.41, 5.74) is 6.32. The van der Waals surface area contributed by atoms with Gasteiger partial charge < -0.3 is 14.6 Å². The van der Waals surface area contributed by atoms with E-state index in [9.17, 15) is 13.2 Å². The number of aryl methyl sites for hydroxylation is 1. The minimum absolute atomic E-state index is 0.0179. The van der Waals surface area contributed by atoms with E-state index in [2.05, 4.69) is 23.0 Å². The highest BCUT2D eigenvalue weighted by atomic mass is 35.5. The Balaban J connectivity index is 1.44. The molecule has 49 heavy (non-hydrogen) atoms. The number of aliphatic hydroxyl groups excluding tert-OH is 1. The van der Waals surface area contributed by atoms with Gasteiger partial charge in [0.2, 0.25) is 5.90 Å². The van der Waals surface area contributed by atoms with Crippen molar-refractivity contribution in [3.8, 4) is 5.75 Å². The molecule has 0 bridgehead atoms. The van der Waals surface area contributed by atoms with Crippen LogP contribution in [0.2, 0.25) is 10.0 Å². The Labute approximate surface area is 297 Å². The van der Waals surface area contributed by atoms with Gasteiger partial charge in [0.15, 0.2) is 21.5 Å². The standard InChI is InChI=1S/C37H39Cl2N3O6S/c38-29-17-20-32(33(39)26-29)34-37(21-25-49(45,46)31-13-5-2-6-14-31,36(44)42-40-22-8-7-12-27-10-3-1-4-11-27)41-35(48-34)28-15-18-30(19-16-28)47-24-9-23-43/h1-6,10-11,13-20,26,34,40,43H,7-9,12,21-25H2,(H,42,44)/t34-,37-/m0/s1. The largest absolute Gasteiger partial charge is 0.494 e. The first-order valence-electron chi connectivity index (χ1n) is 16.1. The van der Waals surface area contributed by atoms with Crippen LogP contribution in [-0.2, 0) is 25.8 Å². The topological polar surface area (TPSA) is 126 Å². The van der Waals surface area contributed by atoms with Gasteiger partial charge >= 0.3 is 0 Å². The van der Waals surface area contributed by atoms with Crippen LogP contribution in [0.5, 0.6) is 5.75 Å². The zero-order chi connectivity index (χ0) is 34.7. The van der Waals surface area contributed by atoms with Crippen LogP contribution in [0.3, 0.4) is 0 Å². The SMILES string of the molecule is O=C(NNCCCCc1ccccc1)[C@@]1(CCS(=O)(=O)c2ccccc2)N=C(c2ccc(OCCCO)cc2)O[C@H]1c1ccc(Cl)cc1Cl. The highest BCUT2D eigenvalue weighted by Crippen LogP contribution is 2.45. The molecule has 5 rings (SSSR count). The quantitative estimate of drug-likeness (QED) is 0.0837. The molecular formula is C37H39Cl2N3O6S. The van der Waals surface area contributed by atoms with Gasteiger partial charge in [-0.25, -0.2) is 18.8 Å². The summed E-state index contributed by atoms with van der Waals surface area (Å²) in [4.78, 5) is 19.4.